The standard InChI is InChI=1S/C35H63NO13/c1-12-24-35(10,43)28(39)21(6)36-16-17(2)14-33(8,42)30(49-32-26(38)23(37)13-18(3)45-32)19(4)27(20(5)31(41)47-24)48-25-15-34(9,44-11)29(40)22(7)46-25/h17-22,24-30,32,36,38-40,42-43H,12-16H2,1-11H3/t17-,18-,19+,20-,21-,22+,24-,25+,26-,27+,28-,29+,30-,32+,33-,34-,35-/m1/s1. The SMILES string of the molecule is CC[C@H]1OC(=O)[C@H](C)[C@@H](O[C@H]2C[C@@](C)(OC)[C@@H](O)[C@H](C)O2)[C@H](C)[C@@H](O[C@@H]2O[C@H](C)CC(=O)[C@H]2O)[C@](C)(O)C[C@@H](C)CN[C@H](C)[C@@H](O)[C@]1(C)O. The summed E-state index contributed by atoms with van der Waals surface area (Å²) >= 11 is 0. The molecule has 3 fully saturated rings. The number of aliphatic hydroxyl groups is 5. The molecule has 0 aliphatic carbocycles. The van der Waals surface area contributed by atoms with Gasteiger partial charge in [-0.25, -0.2) is 0 Å². The van der Waals surface area contributed by atoms with Crippen molar-refractivity contribution in [2.75, 3.05) is 13.7 Å². The molecule has 3 saturated heterocycles. The van der Waals surface area contributed by atoms with E-state index >= 15 is 0 Å². The molecule has 14 nitrogen and oxygen atoms in total. The van der Waals surface area contributed by atoms with Crippen LogP contribution in [0.5, 0.6) is 0 Å². The van der Waals surface area contributed by atoms with E-state index < -0.39 is 108 Å². The molecule has 17 atom stereocenters. The van der Waals surface area contributed by atoms with Gasteiger partial charge in [-0.1, -0.05) is 20.8 Å². The van der Waals surface area contributed by atoms with Gasteiger partial charge in [-0.05, 0) is 73.8 Å². The van der Waals surface area contributed by atoms with E-state index in [1.165, 1.54) is 14.0 Å². The highest BCUT2D eigenvalue weighted by Gasteiger charge is 2.52. The topological polar surface area (TPSA) is 203 Å². The highest BCUT2D eigenvalue weighted by molar-refractivity contribution is 5.84. The molecule has 0 amide bonds. The Kier molecular flexibility index (Phi) is 14.2. The predicted octanol–water partition coefficient (Wildman–Crippen LogP) is 1.20. The smallest absolute Gasteiger partial charge is 0.311 e. The first-order chi connectivity index (χ1) is 22.6. The van der Waals surface area contributed by atoms with Crippen LogP contribution in [0, 0.1) is 17.8 Å². The number of carbonyl (C=O) groups is 2. The van der Waals surface area contributed by atoms with Gasteiger partial charge in [0.2, 0.25) is 0 Å². The van der Waals surface area contributed by atoms with Gasteiger partial charge in [0.25, 0.3) is 0 Å². The minimum Gasteiger partial charge on any atom is -0.459 e. The molecule has 14 heteroatoms. The van der Waals surface area contributed by atoms with E-state index in [1.807, 2.05) is 6.92 Å². The summed E-state index contributed by atoms with van der Waals surface area (Å²) in [7, 11) is 1.48. The van der Waals surface area contributed by atoms with Crippen molar-refractivity contribution in [2.24, 2.45) is 17.8 Å². The summed E-state index contributed by atoms with van der Waals surface area (Å²) in [4.78, 5) is 26.7. The number of hydrogen-bond donors (Lipinski definition) is 6. The maximum Gasteiger partial charge on any atom is 0.311 e. The summed E-state index contributed by atoms with van der Waals surface area (Å²) in [6.07, 6.45) is -10.4. The molecule has 0 spiro atoms. The third-order valence-electron chi connectivity index (χ3n) is 10.9. The summed E-state index contributed by atoms with van der Waals surface area (Å²) < 4.78 is 36.5. The fourth-order valence-electron chi connectivity index (χ4n) is 7.72. The quantitative estimate of drug-likeness (QED) is 0.215. The van der Waals surface area contributed by atoms with Crippen molar-refractivity contribution in [1.29, 1.82) is 0 Å². The third kappa shape index (κ3) is 9.58. The van der Waals surface area contributed by atoms with Gasteiger partial charge in [-0.15, -0.1) is 0 Å². The molecule has 0 aromatic rings. The highest BCUT2D eigenvalue weighted by Crippen LogP contribution is 2.39. The zero-order chi connectivity index (χ0) is 37.2. The second-order valence-electron chi connectivity index (χ2n) is 15.5. The number of aliphatic hydroxyl groups excluding tert-OH is 3. The molecule has 3 rings (SSSR count). The fourth-order valence-corrected chi connectivity index (χ4v) is 7.72. The molecule has 0 aromatic heterocycles. The van der Waals surface area contributed by atoms with Crippen LogP contribution in [0.3, 0.4) is 0 Å². The zero-order valence-corrected chi connectivity index (χ0v) is 31.1. The van der Waals surface area contributed by atoms with Crippen LogP contribution in [0.25, 0.3) is 0 Å². The van der Waals surface area contributed by atoms with Crippen LogP contribution >= 0.6 is 0 Å². The van der Waals surface area contributed by atoms with Crippen LogP contribution in [0.1, 0.15) is 94.9 Å². The first-order valence-electron chi connectivity index (χ1n) is 17.7. The monoisotopic (exact) mass is 705 g/mol. The second-order valence-corrected chi connectivity index (χ2v) is 15.5. The van der Waals surface area contributed by atoms with Gasteiger partial charge in [0.05, 0.1) is 41.5 Å². The van der Waals surface area contributed by atoms with Gasteiger partial charge in [0.15, 0.2) is 24.5 Å². The molecule has 0 unspecified atom stereocenters. The Hall–Kier alpha value is -1.30. The lowest BCUT2D eigenvalue weighted by Gasteiger charge is -2.48. The van der Waals surface area contributed by atoms with E-state index in [4.69, 9.17) is 28.4 Å². The highest BCUT2D eigenvalue weighted by atomic mass is 16.7. The molecule has 3 aliphatic heterocycles. The Bertz CT molecular complexity index is 1110. The lowest BCUT2D eigenvalue weighted by molar-refractivity contribution is -0.311. The molecule has 286 valence electrons. The number of rotatable bonds is 6. The van der Waals surface area contributed by atoms with Crippen LogP contribution in [-0.2, 0) is 38.0 Å². The summed E-state index contributed by atoms with van der Waals surface area (Å²) in [6, 6.07) is -0.617. The Morgan fingerprint density at radius 2 is 1.55 bits per heavy atom. The van der Waals surface area contributed by atoms with Gasteiger partial charge < -0.3 is 59.3 Å². The average Bonchev–Trinajstić information content (AvgIpc) is 3.02. The molecule has 3 heterocycles. The number of ketones is 1. The number of cyclic esters (lactones) is 1. The van der Waals surface area contributed by atoms with Gasteiger partial charge in [0, 0.05) is 31.9 Å². The van der Waals surface area contributed by atoms with Gasteiger partial charge in [0.1, 0.15) is 23.9 Å². The lowest BCUT2D eigenvalue weighted by atomic mass is 9.77. The molecular weight excluding hydrogens is 642 g/mol. The predicted molar refractivity (Wildman–Crippen MR) is 177 cm³/mol. The largest absolute Gasteiger partial charge is 0.459 e. The van der Waals surface area contributed by atoms with Crippen molar-refractivity contribution < 1.29 is 63.5 Å². The normalized spacial score (nSPS) is 49.9. The van der Waals surface area contributed by atoms with Crippen LogP contribution in [0.2, 0.25) is 0 Å². The minimum atomic E-state index is -1.82. The van der Waals surface area contributed by atoms with Gasteiger partial charge in [-0.3, -0.25) is 9.59 Å². The van der Waals surface area contributed by atoms with Crippen molar-refractivity contribution in [3.8, 4) is 0 Å². The van der Waals surface area contributed by atoms with Crippen molar-refractivity contribution in [3.63, 3.8) is 0 Å². The van der Waals surface area contributed by atoms with Crippen LogP contribution in [0.4, 0.5) is 0 Å². The summed E-state index contributed by atoms with van der Waals surface area (Å²) in [5.41, 5.74) is -4.51. The number of methoxy groups -OCH3 is 1. The first kappa shape index (κ1) is 42.1. The molecule has 3 aliphatic rings. The Morgan fingerprint density at radius 3 is 2.14 bits per heavy atom. The van der Waals surface area contributed by atoms with Gasteiger partial charge >= 0.3 is 5.97 Å². The maximum absolute atomic E-state index is 14.0. The van der Waals surface area contributed by atoms with Gasteiger partial charge in [-0.2, -0.15) is 0 Å². The molecular formula is C35H63NO13. The number of hydrogen-bond acceptors (Lipinski definition) is 14. The van der Waals surface area contributed by atoms with Crippen LogP contribution in [0.15, 0.2) is 0 Å². The Balaban J connectivity index is 2.14. The molecule has 49 heavy (non-hydrogen) atoms. The third-order valence-corrected chi connectivity index (χ3v) is 10.9. The van der Waals surface area contributed by atoms with Crippen molar-refractivity contribution >= 4 is 11.8 Å². The number of carbonyl (C=O) groups excluding carboxylic acids is 2. The molecule has 6 N–H and O–H groups in total. The Morgan fingerprint density at radius 1 is 0.918 bits per heavy atom. The number of ether oxygens (including phenoxy) is 6. The number of Topliss-reactive ketones (excluding diaryl/α,β-unsaturated/α-hetero) is 1. The fraction of sp³-hybridized carbons (Fsp3) is 0.943. The van der Waals surface area contributed by atoms with Crippen molar-refractivity contribution in [1.82, 2.24) is 5.32 Å². The summed E-state index contributed by atoms with van der Waals surface area (Å²) in [5, 5.41) is 59.9. The van der Waals surface area contributed by atoms with Crippen LogP contribution < -0.4 is 5.32 Å². The number of esters is 1. The van der Waals surface area contributed by atoms with E-state index in [-0.39, 0.29) is 31.6 Å². The summed E-state index contributed by atoms with van der Waals surface area (Å²) in [5.74, 6) is -3.30. The maximum atomic E-state index is 14.0. The van der Waals surface area contributed by atoms with E-state index in [0.717, 1.165) is 0 Å². The number of nitrogens with one attached hydrogen (secondary N) is 1. The van der Waals surface area contributed by atoms with Crippen molar-refractivity contribution in [2.45, 2.75) is 179 Å². The molecule has 0 bridgehead atoms. The Labute approximate surface area is 291 Å². The molecule has 0 aromatic carbocycles. The summed E-state index contributed by atoms with van der Waals surface area (Å²) in [6.45, 7) is 17.1. The molecule has 0 saturated carbocycles. The van der Waals surface area contributed by atoms with Crippen LogP contribution in [-0.4, -0.2) is 135 Å². The lowest BCUT2D eigenvalue weighted by Crippen LogP contribution is -2.59. The average molecular weight is 706 g/mol. The zero-order valence-electron chi connectivity index (χ0n) is 31.1. The minimum absolute atomic E-state index is 0.00266. The first-order valence-corrected chi connectivity index (χ1v) is 17.7. The van der Waals surface area contributed by atoms with E-state index in [2.05, 4.69) is 5.32 Å². The van der Waals surface area contributed by atoms with Crippen molar-refractivity contribution in [3.05, 3.63) is 0 Å². The van der Waals surface area contributed by atoms with E-state index in [9.17, 15) is 35.1 Å². The van der Waals surface area contributed by atoms with E-state index in [0.29, 0.717) is 6.54 Å². The molecule has 0 radical (unpaired) electrons. The second kappa shape index (κ2) is 16.6. The van der Waals surface area contributed by atoms with E-state index in [1.54, 1.807) is 55.4 Å².